The van der Waals surface area contributed by atoms with Gasteiger partial charge in [-0.1, -0.05) is 11.6 Å². The third-order valence-electron chi connectivity index (χ3n) is 3.40. The summed E-state index contributed by atoms with van der Waals surface area (Å²) in [6, 6.07) is 5.45. The number of anilines is 1. The number of nitrogens with zero attached hydrogens (tertiary/aromatic N) is 1. The van der Waals surface area contributed by atoms with Crippen LogP contribution >= 0.6 is 0 Å². The smallest absolute Gasteiger partial charge is 0.256 e. The molecule has 0 aliphatic carbocycles. The predicted molar refractivity (Wildman–Crippen MR) is 71.4 cm³/mol. The van der Waals surface area contributed by atoms with Crippen molar-refractivity contribution in [3.8, 4) is 0 Å². The van der Waals surface area contributed by atoms with Crippen molar-refractivity contribution in [3.63, 3.8) is 0 Å². The van der Waals surface area contributed by atoms with Crippen molar-refractivity contribution < 1.29 is 9.90 Å². The van der Waals surface area contributed by atoms with Gasteiger partial charge >= 0.3 is 0 Å². The topological polar surface area (TPSA) is 66.6 Å². The number of benzene rings is 1. The van der Waals surface area contributed by atoms with Gasteiger partial charge in [0.25, 0.3) is 5.91 Å². The Balaban J connectivity index is 2.23. The van der Waals surface area contributed by atoms with Crippen LogP contribution in [0.4, 0.5) is 5.69 Å². The highest BCUT2D eigenvalue weighted by molar-refractivity contribution is 5.99. The van der Waals surface area contributed by atoms with E-state index in [1.165, 1.54) is 0 Å². The molecule has 1 aromatic rings. The van der Waals surface area contributed by atoms with Crippen LogP contribution in [0.15, 0.2) is 18.2 Å². The third-order valence-corrected chi connectivity index (χ3v) is 3.40. The number of nitrogen functional groups attached to an aromatic ring is 1. The summed E-state index contributed by atoms with van der Waals surface area (Å²) < 4.78 is 0. The highest BCUT2D eigenvalue weighted by atomic mass is 16.3. The molecule has 4 nitrogen and oxygen atoms in total. The van der Waals surface area contributed by atoms with Crippen LogP contribution in [-0.4, -0.2) is 34.6 Å². The summed E-state index contributed by atoms with van der Waals surface area (Å²) in [7, 11) is 0. The maximum atomic E-state index is 12.4. The van der Waals surface area contributed by atoms with E-state index in [9.17, 15) is 9.90 Å². The van der Waals surface area contributed by atoms with Crippen LogP contribution in [0, 0.1) is 6.92 Å². The van der Waals surface area contributed by atoms with Gasteiger partial charge in [0.2, 0.25) is 0 Å². The number of hydrogen-bond donors (Lipinski definition) is 2. The average Bonchev–Trinajstić information content (AvgIpc) is 2.30. The summed E-state index contributed by atoms with van der Waals surface area (Å²) in [4.78, 5) is 14.1. The Hall–Kier alpha value is -1.55. The first-order chi connectivity index (χ1) is 8.39. The van der Waals surface area contributed by atoms with Gasteiger partial charge in [-0.15, -0.1) is 0 Å². The van der Waals surface area contributed by atoms with Crippen LogP contribution < -0.4 is 5.73 Å². The Labute approximate surface area is 107 Å². The van der Waals surface area contributed by atoms with Crippen molar-refractivity contribution in [1.29, 1.82) is 0 Å². The molecule has 3 N–H and O–H groups in total. The van der Waals surface area contributed by atoms with Crippen LogP contribution in [-0.2, 0) is 0 Å². The van der Waals surface area contributed by atoms with Crippen molar-refractivity contribution >= 4 is 11.6 Å². The van der Waals surface area contributed by atoms with Gasteiger partial charge < -0.3 is 15.7 Å². The van der Waals surface area contributed by atoms with E-state index in [0.717, 1.165) is 18.4 Å². The normalized spacial score (nSPS) is 24.1. The Kier molecular flexibility index (Phi) is 3.30. The average molecular weight is 248 g/mol. The van der Waals surface area contributed by atoms with E-state index < -0.39 is 5.60 Å². The molecule has 1 unspecified atom stereocenters. The molecule has 4 heteroatoms. The van der Waals surface area contributed by atoms with Gasteiger partial charge in [0.15, 0.2) is 0 Å². The minimum atomic E-state index is -0.785. The number of carbonyl (C=O) groups is 1. The van der Waals surface area contributed by atoms with Gasteiger partial charge in [0.1, 0.15) is 0 Å². The molecule has 1 aliphatic rings. The molecule has 1 aromatic carbocycles. The Morgan fingerprint density at radius 2 is 2.22 bits per heavy atom. The van der Waals surface area contributed by atoms with Crippen LogP contribution in [0.5, 0.6) is 0 Å². The van der Waals surface area contributed by atoms with Gasteiger partial charge in [0.05, 0.1) is 11.2 Å². The maximum Gasteiger partial charge on any atom is 0.256 e. The second-order valence-electron chi connectivity index (χ2n) is 5.42. The Morgan fingerprint density at radius 1 is 1.50 bits per heavy atom. The first-order valence-corrected chi connectivity index (χ1v) is 6.27. The summed E-state index contributed by atoms with van der Waals surface area (Å²) in [5, 5.41) is 10.0. The fraction of sp³-hybridized carbons (Fsp3) is 0.500. The van der Waals surface area contributed by atoms with E-state index >= 15 is 0 Å². The minimum absolute atomic E-state index is 0.0869. The lowest BCUT2D eigenvalue weighted by molar-refractivity contribution is -0.0107. The lowest BCUT2D eigenvalue weighted by Gasteiger charge is -2.37. The van der Waals surface area contributed by atoms with Crippen LogP contribution in [0.1, 0.15) is 35.7 Å². The van der Waals surface area contributed by atoms with Crippen LogP contribution in [0.25, 0.3) is 0 Å². The fourth-order valence-electron chi connectivity index (χ4n) is 2.42. The number of β-amino-alcohol motifs (C(OH)–C–C–N with tert-alkyl or cyclic N) is 1. The number of likely N-dealkylation sites (tertiary alicyclic amines) is 1. The molecule has 98 valence electrons. The van der Waals surface area contributed by atoms with E-state index in [0.29, 0.717) is 24.3 Å². The molecule has 1 heterocycles. The van der Waals surface area contributed by atoms with Crippen LogP contribution in [0.3, 0.4) is 0 Å². The standard InChI is InChI=1S/C14H20N2O2/c1-10-4-5-12(15)11(8-10)13(17)16-7-3-6-14(2,18)9-16/h4-5,8,18H,3,6-7,9,15H2,1-2H3. The summed E-state index contributed by atoms with van der Waals surface area (Å²) in [5.41, 5.74) is 7.11. The zero-order valence-electron chi connectivity index (χ0n) is 10.9. The molecule has 18 heavy (non-hydrogen) atoms. The van der Waals surface area contributed by atoms with Crippen molar-refractivity contribution in [2.45, 2.75) is 32.3 Å². The molecule has 0 radical (unpaired) electrons. The number of carbonyl (C=O) groups excluding carboxylic acids is 1. The van der Waals surface area contributed by atoms with Crippen molar-refractivity contribution in [2.75, 3.05) is 18.8 Å². The number of piperidine rings is 1. The SMILES string of the molecule is Cc1ccc(N)c(C(=O)N2CCCC(C)(O)C2)c1. The molecular weight excluding hydrogens is 228 g/mol. The predicted octanol–water partition coefficient (Wildman–Crippen LogP) is 1.56. The number of hydrogen-bond acceptors (Lipinski definition) is 3. The quantitative estimate of drug-likeness (QED) is 0.741. The molecular formula is C14H20N2O2. The second kappa shape index (κ2) is 4.61. The van der Waals surface area contributed by atoms with Gasteiger partial charge in [-0.05, 0) is 38.8 Å². The van der Waals surface area contributed by atoms with E-state index in [4.69, 9.17) is 5.73 Å². The first kappa shape index (κ1) is 12.9. The highest BCUT2D eigenvalue weighted by Crippen LogP contribution is 2.23. The van der Waals surface area contributed by atoms with Crippen molar-refractivity contribution in [1.82, 2.24) is 4.90 Å². The summed E-state index contributed by atoms with van der Waals surface area (Å²) in [5.74, 6) is -0.0869. The zero-order valence-corrected chi connectivity index (χ0v) is 10.9. The van der Waals surface area contributed by atoms with Crippen molar-refractivity contribution in [3.05, 3.63) is 29.3 Å². The molecule has 1 saturated heterocycles. The molecule has 1 aliphatic heterocycles. The molecule has 1 amide bonds. The minimum Gasteiger partial charge on any atom is -0.398 e. The molecule has 1 atom stereocenters. The van der Waals surface area contributed by atoms with Crippen LogP contribution in [0.2, 0.25) is 0 Å². The van der Waals surface area contributed by atoms with E-state index in [2.05, 4.69) is 0 Å². The zero-order chi connectivity index (χ0) is 13.3. The molecule has 0 bridgehead atoms. The molecule has 0 aromatic heterocycles. The third kappa shape index (κ3) is 2.64. The van der Waals surface area contributed by atoms with E-state index in [-0.39, 0.29) is 5.91 Å². The highest BCUT2D eigenvalue weighted by Gasteiger charge is 2.31. The number of amides is 1. The van der Waals surface area contributed by atoms with Gasteiger partial charge in [0, 0.05) is 18.8 Å². The summed E-state index contributed by atoms with van der Waals surface area (Å²) in [6.45, 7) is 4.76. The summed E-state index contributed by atoms with van der Waals surface area (Å²) >= 11 is 0. The number of aryl methyl sites for hydroxylation is 1. The Morgan fingerprint density at radius 3 is 2.89 bits per heavy atom. The number of rotatable bonds is 1. The van der Waals surface area contributed by atoms with Gasteiger partial charge in [-0.3, -0.25) is 4.79 Å². The second-order valence-corrected chi connectivity index (χ2v) is 5.42. The van der Waals surface area contributed by atoms with Crippen molar-refractivity contribution in [2.24, 2.45) is 0 Å². The maximum absolute atomic E-state index is 12.4. The fourth-order valence-corrected chi connectivity index (χ4v) is 2.42. The largest absolute Gasteiger partial charge is 0.398 e. The lowest BCUT2D eigenvalue weighted by atomic mass is 9.94. The molecule has 0 spiro atoms. The molecule has 1 fully saturated rings. The van der Waals surface area contributed by atoms with Gasteiger partial charge in [-0.2, -0.15) is 0 Å². The summed E-state index contributed by atoms with van der Waals surface area (Å²) in [6.07, 6.45) is 1.56. The number of nitrogens with two attached hydrogens (primary N) is 1. The van der Waals surface area contributed by atoms with E-state index in [1.54, 1.807) is 24.0 Å². The van der Waals surface area contributed by atoms with E-state index in [1.807, 2.05) is 13.0 Å². The molecule has 0 saturated carbocycles. The first-order valence-electron chi connectivity index (χ1n) is 6.27. The number of aliphatic hydroxyl groups is 1. The Bertz CT molecular complexity index is 469. The lowest BCUT2D eigenvalue weighted by Crippen LogP contribution is -2.48. The molecule has 2 rings (SSSR count). The monoisotopic (exact) mass is 248 g/mol. The van der Waals surface area contributed by atoms with Gasteiger partial charge in [-0.25, -0.2) is 0 Å².